The molecule has 0 saturated carbocycles. The molecule has 4 aromatic rings. The molecule has 0 spiro atoms. The van der Waals surface area contributed by atoms with Gasteiger partial charge in [-0.25, -0.2) is 4.98 Å². The molecule has 0 bridgehead atoms. The van der Waals surface area contributed by atoms with E-state index >= 15 is 0 Å². The monoisotopic (exact) mass is 486 g/mol. The standard InChI is InChI=1S/C24H21F3N4O2S/c1-33-19-7-5-16(6-8-19)20-14-31-21(15-34-23(31)28-20)22(32)30-11-9-29(10-12-30)18-4-2-3-17(13-18)24(25,26)27/h2-8,13-15H,9-12H2,1H3. The van der Waals surface area contributed by atoms with Crippen molar-refractivity contribution in [3.63, 3.8) is 0 Å². The number of fused-ring (bicyclic) bond motifs is 1. The number of methoxy groups -OCH3 is 1. The summed E-state index contributed by atoms with van der Waals surface area (Å²) in [4.78, 5) is 22.2. The second-order valence-corrected chi connectivity index (χ2v) is 8.79. The molecule has 1 aliphatic rings. The van der Waals surface area contributed by atoms with Crippen LogP contribution >= 0.6 is 11.3 Å². The minimum atomic E-state index is -4.38. The number of benzene rings is 2. The van der Waals surface area contributed by atoms with Crippen LogP contribution in [0.2, 0.25) is 0 Å². The predicted molar refractivity (Wildman–Crippen MR) is 125 cm³/mol. The average Bonchev–Trinajstić information content (AvgIpc) is 3.44. The summed E-state index contributed by atoms with van der Waals surface area (Å²) in [7, 11) is 1.61. The summed E-state index contributed by atoms with van der Waals surface area (Å²) in [5.41, 5.74) is 2.05. The van der Waals surface area contributed by atoms with Crippen LogP contribution in [0.1, 0.15) is 16.1 Å². The van der Waals surface area contributed by atoms with Crippen LogP contribution in [-0.4, -0.2) is 53.5 Å². The van der Waals surface area contributed by atoms with E-state index in [1.165, 1.54) is 17.4 Å². The first-order valence-corrected chi connectivity index (χ1v) is 11.5. The number of piperazine rings is 1. The number of anilines is 1. The van der Waals surface area contributed by atoms with Crippen LogP contribution in [-0.2, 0) is 6.18 Å². The lowest BCUT2D eigenvalue weighted by Crippen LogP contribution is -2.49. The lowest BCUT2D eigenvalue weighted by atomic mass is 10.1. The number of alkyl halides is 3. The Hall–Kier alpha value is -3.53. The van der Waals surface area contributed by atoms with E-state index in [0.717, 1.165) is 34.1 Å². The van der Waals surface area contributed by atoms with Crippen molar-refractivity contribution in [3.05, 3.63) is 71.4 Å². The second-order valence-electron chi connectivity index (χ2n) is 7.96. The van der Waals surface area contributed by atoms with Gasteiger partial charge in [-0.2, -0.15) is 13.2 Å². The van der Waals surface area contributed by atoms with Crippen LogP contribution < -0.4 is 9.64 Å². The molecule has 10 heteroatoms. The van der Waals surface area contributed by atoms with Crippen molar-refractivity contribution in [1.29, 1.82) is 0 Å². The zero-order valence-corrected chi connectivity index (χ0v) is 19.1. The number of carbonyl (C=O) groups excluding carboxylic acids is 1. The maximum atomic E-state index is 13.2. The van der Waals surface area contributed by atoms with Crippen molar-refractivity contribution in [2.45, 2.75) is 6.18 Å². The van der Waals surface area contributed by atoms with Crippen LogP contribution in [0.5, 0.6) is 5.75 Å². The molecule has 0 aliphatic carbocycles. The van der Waals surface area contributed by atoms with Crippen LogP contribution in [0.3, 0.4) is 0 Å². The minimum absolute atomic E-state index is 0.117. The van der Waals surface area contributed by atoms with E-state index in [4.69, 9.17) is 4.74 Å². The molecule has 1 fully saturated rings. The van der Waals surface area contributed by atoms with Gasteiger partial charge in [-0.1, -0.05) is 6.07 Å². The Balaban J connectivity index is 1.30. The summed E-state index contributed by atoms with van der Waals surface area (Å²) in [6.45, 7) is 1.77. The van der Waals surface area contributed by atoms with Crippen LogP contribution in [0.4, 0.5) is 18.9 Å². The number of nitrogens with zero attached hydrogens (tertiary/aromatic N) is 4. The van der Waals surface area contributed by atoms with E-state index in [-0.39, 0.29) is 5.91 Å². The molecule has 6 nitrogen and oxygen atoms in total. The first-order valence-electron chi connectivity index (χ1n) is 10.7. The third kappa shape index (κ3) is 4.21. The SMILES string of the molecule is COc1ccc(-c2cn3c(C(=O)N4CCN(c5cccc(C(F)(F)F)c5)CC4)csc3n2)cc1. The summed E-state index contributed by atoms with van der Waals surface area (Å²) in [6.07, 6.45) is -2.53. The Morgan fingerprint density at radius 1 is 1.06 bits per heavy atom. The maximum absolute atomic E-state index is 13.2. The number of imidazole rings is 1. The lowest BCUT2D eigenvalue weighted by Gasteiger charge is -2.36. The number of ether oxygens (including phenoxy) is 1. The maximum Gasteiger partial charge on any atom is 0.416 e. The zero-order valence-electron chi connectivity index (χ0n) is 18.2. The number of carbonyl (C=O) groups is 1. The molecule has 1 amide bonds. The number of hydrogen-bond donors (Lipinski definition) is 0. The van der Waals surface area contributed by atoms with Gasteiger partial charge in [0.05, 0.1) is 18.4 Å². The van der Waals surface area contributed by atoms with Crippen LogP contribution in [0.25, 0.3) is 16.2 Å². The van der Waals surface area contributed by atoms with Gasteiger partial charge in [0.15, 0.2) is 4.96 Å². The van der Waals surface area contributed by atoms with E-state index in [2.05, 4.69) is 4.98 Å². The minimum Gasteiger partial charge on any atom is -0.497 e. The molecule has 2 aromatic carbocycles. The van der Waals surface area contributed by atoms with Gasteiger partial charge < -0.3 is 14.5 Å². The molecule has 34 heavy (non-hydrogen) atoms. The molecular formula is C24H21F3N4O2S. The van der Waals surface area contributed by atoms with E-state index in [1.807, 2.05) is 35.4 Å². The van der Waals surface area contributed by atoms with Gasteiger partial charge in [-0.3, -0.25) is 9.20 Å². The smallest absolute Gasteiger partial charge is 0.416 e. The predicted octanol–water partition coefficient (Wildman–Crippen LogP) is 5.05. The fraction of sp³-hybridized carbons (Fsp3) is 0.250. The van der Waals surface area contributed by atoms with E-state index in [1.54, 1.807) is 27.9 Å². The topological polar surface area (TPSA) is 50.1 Å². The van der Waals surface area contributed by atoms with Crippen molar-refractivity contribution in [2.24, 2.45) is 0 Å². The Morgan fingerprint density at radius 2 is 1.79 bits per heavy atom. The summed E-state index contributed by atoms with van der Waals surface area (Å²) >= 11 is 1.39. The van der Waals surface area contributed by atoms with Crippen molar-refractivity contribution < 1.29 is 22.7 Å². The first-order chi connectivity index (χ1) is 16.3. The van der Waals surface area contributed by atoms with Gasteiger partial charge in [0.1, 0.15) is 11.4 Å². The van der Waals surface area contributed by atoms with Gasteiger partial charge in [-0.15, -0.1) is 11.3 Å². The largest absolute Gasteiger partial charge is 0.497 e. The number of hydrogen-bond acceptors (Lipinski definition) is 5. The lowest BCUT2D eigenvalue weighted by molar-refractivity contribution is -0.137. The van der Waals surface area contributed by atoms with E-state index in [9.17, 15) is 18.0 Å². The Kier molecular flexibility index (Phi) is 5.68. The Morgan fingerprint density at radius 3 is 2.47 bits per heavy atom. The molecule has 0 N–H and O–H groups in total. The third-order valence-electron chi connectivity index (χ3n) is 5.92. The molecule has 1 saturated heterocycles. The van der Waals surface area contributed by atoms with Gasteiger partial charge in [0, 0.05) is 49.0 Å². The number of halogens is 3. The summed E-state index contributed by atoms with van der Waals surface area (Å²) < 4.78 is 46.1. The van der Waals surface area contributed by atoms with Gasteiger partial charge >= 0.3 is 6.18 Å². The van der Waals surface area contributed by atoms with Gasteiger partial charge in [-0.05, 0) is 42.5 Å². The molecule has 5 rings (SSSR count). The highest BCUT2D eigenvalue weighted by atomic mass is 32.1. The molecule has 1 aliphatic heterocycles. The van der Waals surface area contributed by atoms with Crippen LogP contribution in [0.15, 0.2) is 60.1 Å². The molecule has 3 heterocycles. The molecule has 2 aromatic heterocycles. The molecule has 0 atom stereocenters. The Labute approximate surface area is 197 Å². The quantitative estimate of drug-likeness (QED) is 0.405. The van der Waals surface area contributed by atoms with Gasteiger partial charge in [0.25, 0.3) is 5.91 Å². The van der Waals surface area contributed by atoms with E-state index in [0.29, 0.717) is 37.6 Å². The average molecular weight is 487 g/mol. The third-order valence-corrected chi connectivity index (χ3v) is 6.76. The first kappa shape index (κ1) is 22.3. The summed E-state index contributed by atoms with van der Waals surface area (Å²) in [6, 6.07) is 12.9. The molecular weight excluding hydrogens is 465 g/mol. The van der Waals surface area contributed by atoms with Crippen molar-refractivity contribution in [1.82, 2.24) is 14.3 Å². The highest BCUT2D eigenvalue weighted by Gasteiger charge is 2.31. The highest BCUT2D eigenvalue weighted by Crippen LogP contribution is 2.32. The number of thiazole rings is 1. The Bertz CT molecular complexity index is 1320. The van der Waals surface area contributed by atoms with Crippen molar-refractivity contribution >= 4 is 27.9 Å². The van der Waals surface area contributed by atoms with Gasteiger partial charge in [0.2, 0.25) is 0 Å². The number of rotatable bonds is 4. The van der Waals surface area contributed by atoms with E-state index < -0.39 is 11.7 Å². The number of aromatic nitrogens is 2. The fourth-order valence-corrected chi connectivity index (χ4v) is 4.89. The second kappa shape index (κ2) is 8.68. The normalized spacial score (nSPS) is 14.6. The molecule has 176 valence electrons. The van der Waals surface area contributed by atoms with Crippen LogP contribution in [0, 0.1) is 0 Å². The number of amides is 1. The fourth-order valence-electron chi connectivity index (χ4n) is 4.05. The molecule has 0 radical (unpaired) electrons. The highest BCUT2D eigenvalue weighted by molar-refractivity contribution is 7.15. The van der Waals surface area contributed by atoms with Crippen molar-refractivity contribution in [2.75, 3.05) is 38.2 Å². The summed E-state index contributed by atoms with van der Waals surface area (Å²) in [5.74, 6) is 0.638. The summed E-state index contributed by atoms with van der Waals surface area (Å²) in [5, 5.41) is 1.79. The van der Waals surface area contributed by atoms with Crippen molar-refractivity contribution in [3.8, 4) is 17.0 Å². The zero-order chi connectivity index (χ0) is 23.9. The molecule has 0 unspecified atom stereocenters.